The minimum Gasteiger partial charge on any atom is -0.342 e. The van der Waals surface area contributed by atoms with Gasteiger partial charge in [0, 0.05) is 25.6 Å². The molecule has 5 heteroatoms. The number of piperidine rings is 2. The van der Waals surface area contributed by atoms with Gasteiger partial charge in [0.25, 0.3) is 0 Å². The van der Waals surface area contributed by atoms with Crippen molar-refractivity contribution in [3.05, 3.63) is 29.3 Å². The normalized spacial score (nSPS) is 23.3. The van der Waals surface area contributed by atoms with E-state index >= 15 is 0 Å². The van der Waals surface area contributed by atoms with Crippen molar-refractivity contribution in [2.45, 2.75) is 31.6 Å². The smallest absolute Gasteiger partial charge is 0.226 e. The zero-order valence-electron chi connectivity index (χ0n) is 13.3. The first-order chi connectivity index (χ1) is 11.3. The van der Waals surface area contributed by atoms with Crippen LogP contribution in [0.15, 0.2) is 24.3 Å². The Bertz CT molecular complexity index is 651. The molecule has 2 saturated heterocycles. The van der Waals surface area contributed by atoms with E-state index in [1.807, 2.05) is 17.4 Å². The van der Waals surface area contributed by atoms with Gasteiger partial charge in [0.15, 0.2) is 0 Å². The maximum atomic E-state index is 12.6. The molecule has 2 aromatic rings. The highest BCUT2D eigenvalue weighted by Gasteiger charge is 2.30. The molecule has 1 amide bonds. The highest BCUT2D eigenvalue weighted by molar-refractivity contribution is 7.18. The molecule has 0 radical (unpaired) electrons. The molecule has 1 aromatic heterocycles. The maximum Gasteiger partial charge on any atom is 0.226 e. The molecule has 23 heavy (non-hydrogen) atoms. The lowest BCUT2D eigenvalue weighted by Gasteiger charge is -2.34. The molecular weight excluding hydrogens is 306 g/mol. The third-order valence-electron chi connectivity index (χ3n) is 5.11. The Kier molecular flexibility index (Phi) is 4.31. The maximum absolute atomic E-state index is 12.6. The van der Waals surface area contributed by atoms with Gasteiger partial charge in [-0.15, -0.1) is 11.3 Å². The Morgan fingerprint density at radius 3 is 2.78 bits per heavy atom. The van der Waals surface area contributed by atoms with Gasteiger partial charge in [-0.1, -0.05) is 12.1 Å². The van der Waals surface area contributed by atoms with Crippen molar-refractivity contribution in [1.29, 1.82) is 0 Å². The van der Waals surface area contributed by atoms with Gasteiger partial charge in [0.1, 0.15) is 0 Å². The standard InChI is InChI=1S/C18H23N3OS/c22-18(14-4-3-9-19-12-14)21-10-7-13(8-11-21)17-20-15-5-1-2-6-16(15)23-17/h1-2,5-6,13-14,19H,3-4,7-12H2/t14-/m1/s1. The molecule has 2 aliphatic heterocycles. The van der Waals surface area contributed by atoms with Crippen molar-refractivity contribution in [3.63, 3.8) is 0 Å². The summed E-state index contributed by atoms with van der Waals surface area (Å²) in [4.78, 5) is 19.5. The molecule has 0 saturated carbocycles. The van der Waals surface area contributed by atoms with Crippen molar-refractivity contribution in [2.75, 3.05) is 26.2 Å². The van der Waals surface area contributed by atoms with Gasteiger partial charge in [-0.3, -0.25) is 4.79 Å². The second kappa shape index (κ2) is 6.57. The molecule has 2 fully saturated rings. The van der Waals surface area contributed by atoms with Crippen molar-refractivity contribution < 1.29 is 4.79 Å². The number of hydrogen-bond acceptors (Lipinski definition) is 4. The van der Waals surface area contributed by atoms with Crippen molar-refractivity contribution in [2.24, 2.45) is 5.92 Å². The second-order valence-electron chi connectivity index (χ2n) is 6.66. The quantitative estimate of drug-likeness (QED) is 0.921. The Hall–Kier alpha value is -1.46. The summed E-state index contributed by atoms with van der Waals surface area (Å²) in [5, 5.41) is 4.60. The van der Waals surface area contributed by atoms with Crippen molar-refractivity contribution in [1.82, 2.24) is 15.2 Å². The number of fused-ring (bicyclic) bond motifs is 1. The Labute approximate surface area is 140 Å². The van der Waals surface area contributed by atoms with E-state index in [0.29, 0.717) is 11.8 Å². The SMILES string of the molecule is O=C([C@@H]1CCCNC1)N1CCC(c2nc3ccccc3s2)CC1. The fraction of sp³-hybridized carbons (Fsp3) is 0.556. The van der Waals surface area contributed by atoms with E-state index in [-0.39, 0.29) is 5.92 Å². The van der Waals surface area contributed by atoms with Gasteiger partial charge in [-0.25, -0.2) is 4.98 Å². The van der Waals surface area contributed by atoms with Gasteiger partial charge < -0.3 is 10.2 Å². The minimum atomic E-state index is 0.197. The van der Waals surface area contributed by atoms with Crippen LogP contribution in [0.3, 0.4) is 0 Å². The molecule has 1 atom stereocenters. The van der Waals surface area contributed by atoms with Crippen LogP contribution in [-0.4, -0.2) is 42.0 Å². The summed E-state index contributed by atoms with van der Waals surface area (Å²) in [6.07, 6.45) is 4.26. The van der Waals surface area contributed by atoms with Crippen LogP contribution in [0.1, 0.15) is 36.6 Å². The molecule has 1 aromatic carbocycles. The third kappa shape index (κ3) is 3.12. The first kappa shape index (κ1) is 15.1. The molecule has 122 valence electrons. The number of para-hydroxylation sites is 1. The van der Waals surface area contributed by atoms with E-state index in [0.717, 1.165) is 57.4 Å². The summed E-state index contributed by atoms with van der Waals surface area (Å²) >= 11 is 1.82. The summed E-state index contributed by atoms with van der Waals surface area (Å²) in [7, 11) is 0. The van der Waals surface area contributed by atoms with Gasteiger partial charge in [0.2, 0.25) is 5.91 Å². The number of rotatable bonds is 2. The number of nitrogens with zero attached hydrogens (tertiary/aromatic N) is 2. The lowest BCUT2D eigenvalue weighted by molar-refractivity contribution is -0.137. The second-order valence-corrected chi connectivity index (χ2v) is 7.72. The number of likely N-dealkylation sites (tertiary alicyclic amines) is 1. The predicted octanol–water partition coefficient (Wildman–Crippen LogP) is 3.00. The van der Waals surface area contributed by atoms with E-state index in [1.165, 1.54) is 9.71 Å². The number of nitrogens with one attached hydrogen (secondary N) is 1. The van der Waals surface area contributed by atoms with Gasteiger partial charge in [-0.05, 0) is 44.4 Å². The number of thiazole rings is 1. The van der Waals surface area contributed by atoms with E-state index in [2.05, 4.69) is 28.4 Å². The molecular formula is C18H23N3OS. The van der Waals surface area contributed by atoms with Crippen LogP contribution in [0.4, 0.5) is 0 Å². The summed E-state index contributed by atoms with van der Waals surface area (Å²) in [6, 6.07) is 8.35. The van der Waals surface area contributed by atoms with Crippen LogP contribution in [-0.2, 0) is 4.79 Å². The zero-order chi connectivity index (χ0) is 15.6. The molecule has 0 unspecified atom stereocenters. The van der Waals surface area contributed by atoms with E-state index in [9.17, 15) is 4.79 Å². The fourth-order valence-electron chi connectivity index (χ4n) is 3.73. The largest absolute Gasteiger partial charge is 0.342 e. The van der Waals surface area contributed by atoms with Crippen molar-refractivity contribution >= 4 is 27.5 Å². The topological polar surface area (TPSA) is 45.2 Å². The number of carbonyl (C=O) groups is 1. The summed E-state index contributed by atoms with van der Waals surface area (Å²) in [6.45, 7) is 3.69. The van der Waals surface area contributed by atoms with Crippen LogP contribution in [0, 0.1) is 5.92 Å². The van der Waals surface area contributed by atoms with E-state index in [4.69, 9.17) is 4.98 Å². The zero-order valence-corrected chi connectivity index (χ0v) is 14.1. The highest BCUT2D eigenvalue weighted by atomic mass is 32.1. The lowest BCUT2D eigenvalue weighted by atomic mass is 9.94. The number of carbonyl (C=O) groups excluding carboxylic acids is 1. The fourth-order valence-corrected chi connectivity index (χ4v) is 4.87. The Morgan fingerprint density at radius 1 is 1.22 bits per heavy atom. The molecule has 1 N–H and O–H groups in total. The average molecular weight is 329 g/mol. The average Bonchev–Trinajstić information content (AvgIpc) is 3.06. The number of hydrogen-bond donors (Lipinski definition) is 1. The molecule has 3 heterocycles. The van der Waals surface area contributed by atoms with Crippen LogP contribution in [0.5, 0.6) is 0 Å². The summed E-state index contributed by atoms with van der Waals surface area (Å²) < 4.78 is 1.27. The summed E-state index contributed by atoms with van der Waals surface area (Å²) in [5.41, 5.74) is 1.11. The van der Waals surface area contributed by atoms with E-state index in [1.54, 1.807) is 0 Å². The van der Waals surface area contributed by atoms with Gasteiger partial charge in [-0.2, -0.15) is 0 Å². The van der Waals surface area contributed by atoms with E-state index < -0.39 is 0 Å². The number of benzene rings is 1. The van der Waals surface area contributed by atoms with Gasteiger partial charge in [0.05, 0.1) is 21.1 Å². The minimum absolute atomic E-state index is 0.197. The molecule has 0 aliphatic carbocycles. The molecule has 0 bridgehead atoms. The highest BCUT2D eigenvalue weighted by Crippen LogP contribution is 2.34. The molecule has 2 aliphatic rings. The first-order valence-corrected chi connectivity index (χ1v) is 9.48. The monoisotopic (exact) mass is 329 g/mol. The van der Waals surface area contributed by atoms with Gasteiger partial charge >= 0.3 is 0 Å². The molecule has 4 nitrogen and oxygen atoms in total. The predicted molar refractivity (Wildman–Crippen MR) is 93.8 cm³/mol. The van der Waals surface area contributed by atoms with Crippen LogP contribution >= 0.6 is 11.3 Å². The summed E-state index contributed by atoms with van der Waals surface area (Å²) in [5.74, 6) is 1.07. The van der Waals surface area contributed by atoms with Crippen molar-refractivity contribution in [3.8, 4) is 0 Å². The Morgan fingerprint density at radius 2 is 2.04 bits per heavy atom. The first-order valence-electron chi connectivity index (χ1n) is 8.66. The molecule has 0 spiro atoms. The van der Waals surface area contributed by atoms with Crippen LogP contribution in [0.25, 0.3) is 10.2 Å². The third-order valence-corrected chi connectivity index (χ3v) is 6.31. The lowest BCUT2D eigenvalue weighted by Crippen LogP contribution is -2.45. The Balaban J connectivity index is 1.39. The number of aromatic nitrogens is 1. The van der Waals surface area contributed by atoms with Crippen LogP contribution in [0.2, 0.25) is 0 Å². The van der Waals surface area contributed by atoms with Crippen LogP contribution < -0.4 is 5.32 Å². The number of amides is 1. The molecule has 4 rings (SSSR count).